The third-order valence-electron chi connectivity index (χ3n) is 4.24. The molecule has 0 saturated carbocycles. The summed E-state index contributed by atoms with van der Waals surface area (Å²) in [4.78, 5) is 14.0. The Morgan fingerprint density at radius 1 is 1.20 bits per heavy atom. The lowest BCUT2D eigenvalue weighted by Crippen LogP contribution is -2.60. The van der Waals surface area contributed by atoms with Crippen LogP contribution in [-0.2, 0) is 25.6 Å². The number of amides is 1. The Bertz CT molecular complexity index is 551. The quantitative estimate of drug-likeness (QED) is 0.763. The van der Waals surface area contributed by atoms with Crippen LogP contribution in [0.15, 0.2) is 30.3 Å². The lowest BCUT2D eigenvalue weighted by molar-refractivity contribution is -0.289. The van der Waals surface area contributed by atoms with Crippen LogP contribution in [0.25, 0.3) is 0 Å². The van der Waals surface area contributed by atoms with Crippen LogP contribution in [0.1, 0.15) is 32.8 Å². The average molecular weight is 351 g/mol. The molecule has 25 heavy (non-hydrogen) atoms. The molecule has 0 N–H and O–H groups in total. The molecule has 1 atom stereocenters. The number of rotatable bonds is 5. The van der Waals surface area contributed by atoms with Gasteiger partial charge in [-0.3, -0.25) is 0 Å². The Morgan fingerprint density at radius 3 is 2.40 bits per heavy atom. The molecule has 2 rings (SSSR count). The van der Waals surface area contributed by atoms with Crippen molar-refractivity contribution in [2.75, 3.05) is 27.3 Å². The average Bonchev–Trinajstić information content (AvgIpc) is 2.59. The van der Waals surface area contributed by atoms with Crippen LogP contribution in [0.4, 0.5) is 4.79 Å². The van der Waals surface area contributed by atoms with Crippen LogP contribution in [0.3, 0.4) is 0 Å². The molecule has 0 unspecified atom stereocenters. The van der Waals surface area contributed by atoms with Crippen molar-refractivity contribution in [1.82, 2.24) is 4.90 Å². The zero-order valence-corrected chi connectivity index (χ0v) is 15.8. The number of nitrogens with zero attached hydrogens (tertiary/aromatic N) is 1. The van der Waals surface area contributed by atoms with Crippen molar-refractivity contribution in [1.29, 1.82) is 0 Å². The molecular formula is C19H29NO5. The summed E-state index contributed by atoms with van der Waals surface area (Å²) < 4.78 is 22.8. The van der Waals surface area contributed by atoms with Crippen molar-refractivity contribution < 1.29 is 23.7 Å². The maximum Gasteiger partial charge on any atom is 0.410 e. The Balaban J connectivity index is 2.08. The second kappa shape index (κ2) is 8.17. The van der Waals surface area contributed by atoms with Crippen LogP contribution >= 0.6 is 0 Å². The molecule has 0 aromatic heterocycles. The fraction of sp³-hybridized carbons (Fsp3) is 0.632. The fourth-order valence-electron chi connectivity index (χ4n) is 2.88. The third kappa shape index (κ3) is 5.17. The minimum Gasteiger partial charge on any atom is -0.444 e. The van der Waals surface area contributed by atoms with Gasteiger partial charge < -0.3 is 23.8 Å². The van der Waals surface area contributed by atoms with E-state index in [0.717, 1.165) is 5.56 Å². The number of methoxy groups -OCH3 is 2. The van der Waals surface area contributed by atoms with E-state index in [1.165, 1.54) is 0 Å². The lowest BCUT2D eigenvalue weighted by Gasteiger charge is -2.45. The van der Waals surface area contributed by atoms with Gasteiger partial charge in [-0.25, -0.2) is 4.79 Å². The van der Waals surface area contributed by atoms with E-state index in [-0.39, 0.29) is 6.09 Å². The van der Waals surface area contributed by atoms with Crippen LogP contribution in [0, 0.1) is 0 Å². The second-order valence-corrected chi connectivity index (χ2v) is 7.18. The van der Waals surface area contributed by atoms with Gasteiger partial charge in [0.05, 0.1) is 13.2 Å². The SMILES string of the molecule is COC1(OC)CCN(C(=O)OC(C)(C)C)C[C@@H]1OCc1ccccc1. The number of ether oxygens (including phenoxy) is 4. The molecule has 140 valence electrons. The first kappa shape index (κ1) is 19.7. The topological polar surface area (TPSA) is 57.2 Å². The van der Waals surface area contributed by atoms with Crippen molar-refractivity contribution in [3.8, 4) is 0 Å². The van der Waals surface area contributed by atoms with Gasteiger partial charge in [0, 0.05) is 27.2 Å². The highest BCUT2D eigenvalue weighted by Gasteiger charge is 2.46. The van der Waals surface area contributed by atoms with Crippen molar-refractivity contribution >= 4 is 6.09 Å². The second-order valence-electron chi connectivity index (χ2n) is 7.18. The van der Waals surface area contributed by atoms with Gasteiger partial charge in [0.1, 0.15) is 11.7 Å². The van der Waals surface area contributed by atoms with Crippen LogP contribution < -0.4 is 0 Å². The van der Waals surface area contributed by atoms with E-state index in [1.807, 2.05) is 51.1 Å². The van der Waals surface area contributed by atoms with Crippen molar-refractivity contribution in [2.24, 2.45) is 0 Å². The van der Waals surface area contributed by atoms with Gasteiger partial charge in [-0.2, -0.15) is 0 Å². The summed E-state index contributed by atoms with van der Waals surface area (Å²) >= 11 is 0. The normalized spacial score (nSPS) is 20.4. The largest absolute Gasteiger partial charge is 0.444 e. The zero-order valence-electron chi connectivity index (χ0n) is 15.8. The molecule has 1 aliphatic heterocycles. The summed E-state index contributed by atoms with van der Waals surface area (Å²) in [6.45, 7) is 6.82. The standard InChI is InChI=1S/C19H29NO5/c1-18(2,3)25-17(21)20-12-11-19(22-4,23-5)16(13-20)24-14-15-9-7-6-8-10-15/h6-10,16H,11-14H2,1-5H3/t16-/m0/s1. The Hall–Kier alpha value is -1.63. The Kier molecular flexibility index (Phi) is 6.43. The van der Waals surface area contributed by atoms with E-state index < -0.39 is 17.5 Å². The molecule has 0 bridgehead atoms. The van der Waals surface area contributed by atoms with Crippen LogP contribution in [0.2, 0.25) is 0 Å². The summed E-state index contributed by atoms with van der Waals surface area (Å²) in [5, 5.41) is 0. The monoisotopic (exact) mass is 351 g/mol. The number of carbonyl (C=O) groups is 1. The molecule has 6 nitrogen and oxygen atoms in total. The first-order chi connectivity index (χ1) is 11.8. The molecule has 0 radical (unpaired) electrons. The van der Waals surface area contributed by atoms with E-state index in [1.54, 1.807) is 19.1 Å². The van der Waals surface area contributed by atoms with Gasteiger partial charge in [0.15, 0.2) is 5.79 Å². The maximum atomic E-state index is 12.4. The maximum absolute atomic E-state index is 12.4. The van der Waals surface area contributed by atoms with E-state index in [2.05, 4.69) is 0 Å². The molecule has 0 aliphatic carbocycles. The molecule has 6 heteroatoms. The molecule has 1 fully saturated rings. The van der Waals surface area contributed by atoms with Crippen molar-refractivity contribution in [2.45, 2.75) is 51.3 Å². The number of hydrogen-bond donors (Lipinski definition) is 0. The molecule has 1 amide bonds. The number of likely N-dealkylation sites (tertiary alicyclic amines) is 1. The highest BCUT2D eigenvalue weighted by atomic mass is 16.7. The minimum atomic E-state index is -0.868. The van der Waals surface area contributed by atoms with Gasteiger partial charge in [-0.1, -0.05) is 30.3 Å². The third-order valence-corrected chi connectivity index (χ3v) is 4.24. The smallest absolute Gasteiger partial charge is 0.410 e. The summed E-state index contributed by atoms with van der Waals surface area (Å²) in [5.41, 5.74) is 0.520. The highest BCUT2D eigenvalue weighted by Crippen LogP contribution is 2.30. The summed E-state index contributed by atoms with van der Waals surface area (Å²) in [6, 6.07) is 9.88. The molecule has 1 aromatic carbocycles. The highest BCUT2D eigenvalue weighted by molar-refractivity contribution is 5.68. The first-order valence-corrected chi connectivity index (χ1v) is 8.53. The Morgan fingerprint density at radius 2 is 1.84 bits per heavy atom. The predicted molar refractivity (Wildman–Crippen MR) is 94.2 cm³/mol. The van der Waals surface area contributed by atoms with Gasteiger partial charge in [0.25, 0.3) is 0 Å². The van der Waals surface area contributed by atoms with E-state index in [0.29, 0.717) is 26.1 Å². The predicted octanol–water partition coefficient (Wildman–Crippen LogP) is 3.20. The fourth-order valence-corrected chi connectivity index (χ4v) is 2.88. The number of hydrogen-bond acceptors (Lipinski definition) is 5. The minimum absolute atomic E-state index is 0.346. The van der Waals surface area contributed by atoms with Gasteiger partial charge in [-0.15, -0.1) is 0 Å². The molecular weight excluding hydrogens is 322 g/mol. The first-order valence-electron chi connectivity index (χ1n) is 8.53. The summed E-state index contributed by atoms with van der Waals surface area (Å²) in [7, 11) is 3.21. The van der Waals surface area contributed by atoms with E-state index >= 15 is 0 Å². The van der Waals surface area contributed by atoms with E-state index in [9.17, 15) is 4.79 Å². The van der Waals surface area contributed by atoms with Crippen LogP contribution in [0.5, 0.6) is 0 Å². The molecule has 1 aliphatic rings. The molecule has 1 saturated heterocycles. The zero-order chi connectivity index (χ0) is 18.5. The van der Waals surface area contributed by atoms with Crippen LogP contribution in [-0.4, -0.2) is 55.8 Å². The lowest BCUT2D eigenvalue weighted by atomic mass is 10.00. The number of piperidine rings is 1. The van der Waals surface area contributed by atoms with Crippen molar-refractivity contribution in [3.05, 3.63) is 35.9 Å². The number of benzene rings is 1. The molecule has 1 heterocycles. The molecule has 1 aromatic rings. The number of carbonyl (C=O) groups excluding carboxylic acids is 1. The van der Waals surface area contributed by atoms with Gasteiger partial charge in [0.2, 0.25) is 0 Å². The van der Waals surface area contributed by atoms with Gasteiger partial charge >= 0.3 is 6.09 Å². The Labute approximate surface area is 150 Å². The summed E-state index contributed by atoms with van der Waals surface area (Å²) in [5.74, 6) is -0.868. The summed E-state index contributed by atoms with van der Waals surface area (Å²) in [6.07, 6.45) is -0.246. The molecule has 0 spiro atoms. The van der Waals surface area contributed by atoms with E-state index in [4.69, 9.17) is 18.9 Å². The van der Waals surface area contributed by atoms with Crippen molar-refractivity contribution in [3.63, 3.8) is 0 Å². The van der Waals surface area contributed by atoms with Gasteiger partial charge in [-0.05, 0) is 26.3 Å².